The zero-order valence-corrected chi connectivity index (χ0v) is 12.7. The summed E-state index contributed by atoms with van der Waals surface area (Å²) in [7, 11) is 0. The van der Waals surface area contributed by atoms with E-state index in [-0.39, 0.29) is 5.97 Å². The number of anilines is 1. The second-order valence-corrected chi connectivity index (χ2v) is 5.68. The summed E-state index contributed by atoms with van der Waals surface area (Å²) < 4.78 is 10.6. The first-order valence-electron chi connectivity index (χ1n) is 7.23. The quantitative estimate of drug-likeness (QED) is 0.784. The molecule has 0 radical (unpaired) electrons. The van der Waals surface area contributed by atoms with E-state index in [0.29, 0.717) is 25.6 Å². The largest absolute Gasteiger partial charge is 0.466 e. The van der Waals surface area contributed by atoms with Crippen molar-refractivity contribution in [1.29, 1.82) is 0 Å². The van der Waals surface area contributed by atoms with Crippen molar-refractivity contribution < 1.29 is 14.3 Å². The van der Waals surface area contributed by atoms with E-state index in [0.717, 1.165) is 30.4 Å². The van der Waals surface area contributed by atoms with Crippen LogP contribution < -0.4 is 5.32 Å². The number of rotatable bonds is 7. The van der Waals surface area contributed by atoms with Crippen LogP contribution >= 0.6 is 11.3 Å². The van der Waals surface area contributed by atoms with Crippen molar-refractivity contribution in [1.82, 2.24) is 4.98 Å². The van der Waals surface area contributed by atoms with Gasteiger partial charge in [0, 0.05) is 25.0 Å². The van der Waals surface area contributed by atoms with E-state index in [1.807, 2.05) is 12.3 Å². The lowest BCUT2D eigenvalue weighted by atomic mass is 10.1. The molecule has 1 unspecified atom stereocenters. The van der Waals surface area contributed by atoms with Gasteiger partial charge in [0.15, 0.2) is 5.13 Å². The van der Waals surface area contributed by atoms with E-state index in [1.54, 1.807) is 11.3 Å². The van der Waals surface area contributed by atoms with Crippen molar-refractivity contribution >= 4 is 22.4 Å². The molecule has 1 saturated heterocycles. The van der Waals surface area contributed by atoms with Crippen molar-refractivity contribution in [2.45, 2.75) is 45.1 Å². The molecule has 1 fully saturated rings. The number of nitrogens with one attached hydrogen (secondary N) is 1. The molecule has 1 aliphatic heterocycles. The summed E-state index contributed by atoms with van der Waals surface area (Å²) in [5, 5.41) is 6.20. The monoisotopic (exact) mass is 298 g/mol. The highest BCUT2D eigenvalue weighted by Crippen LogP contribution is 2.18. The van der Waals surface area contributed by atoms with Crippen LogP contribution in [0.5, 0.6) is 0 Å². The Morgan fingerprint density at radius 1 is 1.60 bits per heavy atom. The van der Waals surface area contributed by atoms with Crippen molar-refractivity contribution in [3.8, 4) is 0 Å². The Labute approximate surface area is 123 Å². The molecule has 0 amide bonds. The third-order valence-electron chi connectivity index (χ3n) is 3.20. The molecule has 1 N–H and O–H groups in total. The van der Waals surface area contributed by atoms with E-state index >= 15 is 0 Å². The van der Waals surface area contributed by atoms with Gasteiger partial charge in [-0.3, -0.25) is 4.79 Å². The average Bonchev–Trinajstić information content (AvgIpc) is 2.92. The van der Waals surface area contributed by atoms with Gasteiger partial charge in [0.05, 0.1) is 24.8 Å². The highest BCUT2D eigenvalue weighted by molar-refractivity contribution is 7.13. The third kappa shape index (κ3) is 5.09. The lowest BCUT2D eigenvalue weighted by molar-refractivity contribution is -0.143. The van der Waals surface area contributed by atoms with Gasteiger partial charge in [-0.2, -0.15) is 0 Å². The number of carbonyl (C=O) groups excluding carboxylic acids is 1. The van der Waals surface area contributed by atoms with Gasteiger partial charge < -0.3 is 14.8 Å². The van der Waals surface area contributed by atoms with Gasteiger partial charge in [-0.1, -0.05) is 0 Å². The van der Waals surface area contributed by atoms with Gasteiger partial charge in [0.2, 0.25) is 0 Å². The highest BCUT2D eigenvalue weighted by atomic mass is 32.1. The summed E-state index contributed by atoms with van der Waals surface area (Å²) >= 11 is 1.57. The predicted molar refractivity (Wildman–Crippen MR) is 79.1 cm³/mol. The molecule has 2 heterocycles. The fraction of sp³-hybridized carbons (Fsp3) is 0.714. The molecule has 1 aromatic heterocycles. The molecule has 0 spiro atoms. The number of aromatic nitrogens is 1. The minimum atomic E-state index is -0.161. The zero-order valence-electron chi connectivity index (χ0n) is 11.9. The van der Waals surface area contributed by atoms with E-state index in [9.17, 15) is 4.79 Å². The van der Waals surface area contributed by atoms with Crippen molar-refractivity contribution in [2.75, 3.05) is 25.1 Å². The number of ether oxygens (including phenoxy) is 2. The standard InChI is InChI=1S/C14H22N2O3S/c1-2-18-13(17)7-6-11-10-20-14(16-11)15-9-12-5-3-4-8-19-12/h10,12H,2-9H2,1H3,(H,15,16). The van der Waals surface area contributed by atoms with Crippen LogP contribution in [0.2, 0.25) is 0 Å². The second-order valence-electron chi connectivity index (χ2n) is 4.82. The van der Waals surface area contributed by atoms with Crippen LogP contribution in [0.3, 0.4) is 0 Å². The Hall–Kier alpha value is -1.14. The first kappa shape index (κ1) is 15.3. The topological polar surface area (TPSA) is 60.5 Å². The number of nitrogens with zero attached hydrogens (tertiary/aromatic N) is 1. The van der Waals surface area contributed by atoms with Crippen LogP contribution in [-0.4, -0.2) is 36.8 Å². The first-order chi connectivity index (χ1) is 9.78. The molecule has 0 aromatic carbocycles. The number of thiazole rings is 1. The minimum absolute atomic E-state index is 0.161. The zero-order chi connectivity index (χ0) is 14.2. The van der Waals surface area contributed by atoms with Crippen molar-refractivity contribution in [3.05, 3.63) is 11.1 Å². The minimum Gasteiger partial charge on any atom is -0.466 e. The Kier molecular flexibility index (Phi) is 6.26. The molecule has 0 saturated carbocycles. The highest BCUT2D eigenvalue weighted by Gasteiger charge is 2.14. The Morgan fingerprint density at radius 3 is 3.25 bits per heavy atom. The fourth-order valence-corrected chi connectivity index (χ4v) is 2.89. The number of hydrogen-bond donors (Lipinski definition) is 1. The SMILES string of the molecule is CCOC(=O)CCc1csc(NCC2CCCCO2)n1. The second kappa shape index (κ2) is 8.21. The molecule has 1 aliphatic rings. The molecule has 0 aliphatic carbocycles. The van der Waals surface area contributed by atoms with Crippen LogP contribution in [0.25, 0.3) is 0 Å². The van der Waals surface area contributed by atoms with E-state index in [4.69, 9.17) is 9.47 Å². The summed E-state index contributed by atoms with van der Waals surface area (Å²) in [5.74, 6) is -0.161. The van der Waals surface area contributed by atoms with Gasteiger partial charge in [-0.25, -0.2) is 4.98 Å². The summed E-state index contributed by atoms with van der Waals surface area (Å²) in [6.07, 6.45) is 4.87. The number of carbonyl (C=O) groups is 1. The Balaban J connectivity index is 1.70. The maximum Gasteiger partial charge on any atom is 0.306 e. The number of esters is 1. The maximum absolute atomic E-state index is 11.3. The molecule has 112 valence electrons. The molecule has 1 atom stereocenters. The lowest BCUT2D eigenvalue weighted by Crippen LogP contribution is -2.26. The van der Waals surface area contributed by atoms with E-state index in [2.05, 4.69) is 10.3 Å². The van der Waals surface area contributed by atoms with Gasteiger partial charge in [0.1, 0.15) is 0 Å². The Bertz CT molecular complexity index is 416. The molecule has 6 heteroatoms. The number of aryl methyl sites for hydroxylation is 1. The molecule has 5 nitrogen and oxygen atoms in total. The van der Waals surface area contributed by atoms with Crippen LogP contribution in [-0.2, 0) is 20.7 Å². The van der Waals surface area contributed by atoms with E-state index in [1.165, 1.54) is 12.8 Å². The lowest BCUT2D eigenvalue weighted by Gasteiger charge is -2.22. The third-order valence-corrected chi connectivity index (χ3v) is 4.05. The van der Waals surface area contributed by atoms with Gasteiger partial charge in [-0.05, 0) is 26.2 Å². The molecular weight excluding hydrogens is 276 g/mol. The van der Waals surface area contributed by atoms with Crippen molar-refractivity contribution in [2.24, 2.45) is 0 Å². The van der Waals surface area contributed by atoms with Gasteiger partial charge in [0.25, 0.3) is 0 Å². The van der Waals surface area contributed by atoms with Crippen LogP contribution in [0.15, 0.2) is 5.38 Å². The predicted octanol–water partition coefficient (Wildman–Crippen LogP) is 2.62. The first-order valence-corrected chi connectivity index (χ1v) is 8.11. The van der Waals surface area contributed by atoms with Crippen molar-refractivity contribution in [3.63, 3.8) is 0 Å². The van der Waals surface area contributed by atoms with Crippen LogP contribution in [0, 0.1) is 0 Å². The molecule has 0 bridgehead atoms. The molecule has 1 aromatic rings. The van der Waals surface area contributed by atoms with E-state index < -0.39 is 0 Å². The fourth-order valence-electron chi connectivity index (χ4n) is 2.14. The van der Waals surface area contributed by atoms with Crippen LogP contribution in [0.1, 0.15) is 38.3 Å². The number of hydrogen-bond acceptors (Lipinski definition) is 6. The summed E-state index contributed by atoms with van der Waals surface area (Å²) in [4.78, 5) is 15.7. The molecule has 2 rings (SSSR count). The Morgan fingerprint density at radius 2 is 2.50 bits per heavy atom. The average molecular weight is 298 g/mol. The molecular formula is C14H22N2O3S. The van der Waals surface area contributed by atoms with Gasteiger partial charge in [-0.15, -0.1) is 11.3 Å². The summed E-state index contributed by atoms with van der Waals surface area (Å²) in [6.45, 7) is 3.93. The maximum atomic E-state index is 11.3. The summed E-state index contributed by atoms with van der Waals surface area (Å²) in [5.41, 5.74) is 0.940. The normalized spacial score (nSPS) is 18.8. The van der Waals surface area contributed by atoms with Gasteiger partial charge >= 0.3 is 5.97 Å². The smallest absolute Gasteiger partial charge is 0.306 e. The molecule has 20 heavy (non-hydrogen) atoms. The van der Waals surface area contributed by atoms with Crippen LogP contribution in [0.4, 0.5) is 5.13 Å². The summed E-state index contributed by atoms with van der Waals surface area (Å²) in [6, 6.07) is 0.